The molecule has 0 aliphatic heterocycles. The van der Waals surface area contributed by atoms with Gasteiger partial charge in [0.25, 0.3) is 5.56 Å². The van der Waals surface area contributed by atoms with Crippen molar-refractivity contribution in [2.24, 2.45) is 0 Å². The molecular formula is C11H20N2O3Si. The summed E-state index contributed by atoms with van der Waals surface area (Å²) in [4.78, 5) is 27.3. The van der Waals surface area contributed by atoms with Gasteiger partial charge in [0.05, 0.1) is 11.2 Å². The molecule has 0 aliphatic carbocycles. The van der Waals surface area contributed by atoms with Crippen LogP contribution in [0.2, 0.25) is 5.04 Å². The van der Waals surface area contributed by atoms with Crippen LogP contribution >= 0.6 is 0 Å². The molecule has 1 aromatic rings. The minimum atomic E-state index is -0.769. The van der Waals surface area contributed by atoms with E-state index in [2.05, 4.69) is 30.7 Å². The molecule has 1 rings (SSSR count). The number of hydrogen-bond donors (Lipinski definition) is 2. The van der Waals surface area contributed by atoms with Crippen molar-refractivity contribution in [3.8, 4) is 0 Å². The van der Waals surface area contributed by atoms with E-state index in [4.69, 9.17) is 4.43 Å². The second-order valence-electron chi connectivity index (χ2n) is 5.85. The lowest BCUT2D eigenvalue weighted by Crippen LogP contribution is -2.36. The van der Waals surface area contributed by atoms with Crippen molar-refractivity contribution in [3.63, 3.8) is 0 Å². The van der Waals surface area contributed by atoms with Crippen LogP contribution in [-0.2, 0) is 10.0 Å². The van der Waals surface area contributed by atoms with E-state index in [0.717, 1.165) is 0 Å². The third kappa shape index (κ3) is 3.97. The van der Waals surface area contributed by atoms with E-state index >= 15 is 0 Å². The predicted molar refractivity (Wildman–Crippen MR) is 70.1 cm³/mol. The van der Waals surface area contributed by atoms with Crippen molar-refractivity contribution < 1.29 is 4.43 Å². The standard InChI is InChI=1S/C11H20N2O3Si/c1-10(2,3)17-16-11(4,5)7-6-12-9(15)13-8(7)14/h6H,17H2,1-5H3,(H2,12,13,14,15). The topological polar surface area (TPSA) is 75.0 Å². The second-order valence-corrected chi connectivity index (χ2v) is 8.54. The van der Waals surface area contributed by atoms with Crippen LogP contribution in [0.15, 0.2) is 15.8 Å². The van der Waals surface area contributed by atoms with E-state index in [-0.39, 0.29) is 10.6 Å². The van der Waals surface area contributed by atoms with Crippen LogP contribution in [0.1, 0.15) is 40.2 Å². The van der Waals surface area contributed by atoms with Gasteiger partial charge in [-0.2, -0.15) is 0 Å². The molecule has 0 aromatic carbocycles. The van der Waals surface area contributed by atoms with Gasteiger partial charge in [0, 0.05) is 6.20 Å². The maximum atomic E-state index is 11.7. The molecule has 0 bridgehead atoms. The number of aromatic nitrogens is 2. The lowest BCUT2D eigenvalue weighted by atomic mass is 10.0. The Morgan fingerprint density at radius 1 is 1.18 bits per heavy atom. The largest absolute Gasteiger partial charge is 0.414 e. The van der Waals surface area contributed by atoms with Crippen LogP contribution < -0.4 is 11.2 Å². The molecule has 0 saturated heterocycles. The van der Waals surface area contributed by atoms with Gasteiger partial charge in [0.2, 0.25) is 0 Å². The number of H-pyrrole nitrogens is 2. The number of aromatic amines is 2. The van der Waals surface area contributed by atoms with Gasteiger partial charge in [-0.25, -0.2) is 4.79 Å². The van der Waals surface area contributed by atoms with Gasteiger partial charge in [-0.05, 0) is 18.9 Å². The van der Waals surface area contributed by atoms with Crippen molar-refractivity contribution >= 4 is 9.76 Å². The average Bonchev–Trinajstić information content (AvgIpc) is 2.13. The van der Waals surface area contributed by atoms with Gasteiger partial charge in [-0.3, -0.25) is 9.78 Å². The van der Waals surface area contributed by atoms with Crippen LogP contribution in [0.4, 0.5) is 0 Å². The Bertz CT molecular complexity index is 496. The molecular weight excluding hydrogens is 236 g/mol. The van der Waals surface area contributed by atoms with E-state index in [9.17, 15) is 9.59 Å². The highest BCUT2D eigenvalue weighted by atomic mass is 28.2. The van der Waals surface area contributed by atoms with E-state index in [1.54, 1.807) is 0 Å². The first kappa shape index (κ1) is 13.9. The van der Waals surface area contributed by atoms with Crippen LogP contribution in [0.25, 0.3) is 0 Å². The average molecular weight is 256 g/mol. The normalized spacial score (nSPS) is 13.5. The van der Waals surface area contributed by atoms with E-state index < -0.39 is 21.1 Å². The minimum absolute atomic E-state index is 0.159. The third-order valence-corrected chi connectivity index (χ3v) is 4.07. The zero-order valence-electron chi connectivity index (χ0n) is 11.0. The number of rotatable bonds is 3. The molecule has 2 N–H and O–H groups in total. The highest BCUT2D eigenvalue weighted by molar-refractivity contribution is 6.31. The first-order chi connectivity index (χ1) is 7.62. The van der Waals surface area contributed by atoms with E-state index in [1.165, 1.54) is 6.20 Å². The van der Waals surface area contributed by atoms with Crippen molar-refractivity contribution in [1.29, 1.82) is 0 Å². The third-order valence-electron chi connectivity index (χ3n) is 2.33. The Kier molecular flexibility index (Phi) is 3.78. The molecule has 0 saturated carbocycles. The fraction of sp³-hybridized carbons (Fsp3) is 0.636. The first-order valence-corrected chi connectivity index (χ1v) is 6.87. The summed E-state index contributed by atoms with van der Waals surface area (Å²) in [6.07, 6.45) is 1.43. The maximum absolute atomic E-state index is 11.7. The molecule has 0 amide bonds. The Balaban J connectivity index is 2.97. The van der Waals surface area contributed by atoms with Gasteiger partial charge in [-0.15, -0.1) is 0 Å². The Morgan fingerprint density at radius 2 is 1.76 bits per heavy atom. The van der Waals surface area contributed by atoms with E-state index in [1.807, 2.05) is 13.8 Å². The minimum Gasteiger partial charge on any atom is -0.414 e. The zero-order valence-corrected chi connectivity index (χ0v) is 12.4. The predicted octanol–water partition coefficient (Wildman–Crippen LogP) is 0.617. The smallest absolute Gasteiger partial charge is 0.325 e. The van der Waals surface area contributed by atoms with Gasteiger partial charge in [-0.1, -0.05) is 20.8 Å². The molecule has 0 atom stereocenters. The summed E-state index contributed by atoms with van der Waals surface area (Å²) >= 11 is 0. The van der Waals surface area contributed by atoms with Crippen molar-refractivity contribution in [2.75, 3.05) is 0 Å². The number of hydrogen-bond acceptors (Lipinski definition) is 3. The molecule has 6 heteroatoms. The van der Waals surface area contributed by atoms with Crippen LogP contribution in [0, 0.1) is 0 Å². The first-order valence-electron chi connectivity index (χ1n) is 5.58. The quantitative estimate of drug-likeness (QED) is 0.778. The van der Waals surface area contributed by atoms with Gasteiger partial charge in [0.1, 0.15) is 0 Å². The monoisotopic (exact) mass is 256 g/mol. The Labute approximate surface area is 103 Å². The lowest BCUT2D eigenvalue weighted by Gasteiger charge is -2.29. The van der Waals surface area contributed by atoms with Crippen LogP contribution in [0.3, 0.4) is 0 Å². The maximum Gasteiger partial charge on any atom is 0.325 e. The van der Waals surface area contributed by atoms with E-state index in [0.29, 0.717) is 5.56 Å². The molecule has 0 radical (unpaired) electrons. The zero-order chi connectivity index (χ0) is 13.3. The lowest BCUT2D eigenvalue weighted by molar-refractivity contribution is 0.107. The fourth-order valence-electron chi connectivity index (χ4n) is 1.33. The molecule has 0 aliphatic rings. The highest BCUT2D eigenvalue weighted by Gasteiger charge is 2.27. The van der Waals surface area contributed by atoms with Gasteiger partial charge >= 0.3 is 5.69 Å². The second kappa shape index (κ2) is 4.62. The molecule has 96 valence electrons. The highest BCUT2D eigenvalue weighted by Crippen LogP contribution is 2.27. The van der Waals surface area contributed by atoms with Gasteiger partial charge in [0.15, 0.2) is 9.76 Å². The molecule has 5 nitrogen and oxygen atoms in total. The summed E-state index contributed by atoms with van der Waals surface area (Å²) in [5, 5.41) is 0.159. The summed E-state index contributed by atoms with van der Waals surface area (Å²) in [5.74, 6) is 0. The van der Waals surface area contributed by atoms with Crippen molar-refractivity contribution in [2.45, 2.75) is 45.3 Å². The summed E-state index contributed by atoms with van der Waals surface area (Å²) in [5.41, 5.74) is -1.10. The van der Waals surface area contributed by atoms with Gasteiger partial charge < -0.3 is 9.41 Å². The molecule has 0 unspecified atom stereocenters. The SMILES string of the molecule is CC(C)(C)[SiH2]OC(C)(C)c1c[nH]c(=O)[nH]c1=O. The van der Waals surface area contributed by atoms with Crippen LogP contribution in [-0.4, -0.2) is 19.7 Å². The van der Waals surface area contributed by atoms with Crippen LogP contribution in [0.5, 0.6) is 0 Å². The molecule has 0 spiro atoms. The fourth-order valence-corrected chi connectivity index (χ4v) is 2.28. The van der Waals surface area contributed by atoms with Crippen molar-refractivity contribution in [3.05, 3.63) is 32.6 Å². The summed E-state index contributed by atoms with van der Waals surface area (Å²) in [7, 11) is -0.769. The summed E-state index contributed by atoms with van der Waals surface area (Å²) in [6.45, 7) is 10.0. The summed E-state index contributed by atoms with van der Waals surface area (Å²) < 4.78 is 5.90. The molecule has 17 heavy (non-hydrogen) atoms. The molecule has 1 aromatic heterocycles. The Hall–Kier alpha value is -1.14. The van der Waals surface area contributed by atoms with Crippen molar-refractivity contribution in [1.82, 2.24) is 9.97 Å². The molecule has 0 fully saturated rings. The molecule has 1 heterocycles. The summed E-state index contributed by atoms with van der Waals surface area (Å²) in [6, 6.07) is 0. The number of nitrogens with one attached hydrogen (secondary N) is 2. The Morgan fingerprint density at radius 3 is 2.24 bits per heavy atom.